The van der Waals surface area contributed by atoms with E-state index in [0.29, 0.717) is 5.57 Å². The minimum Gasteiger partial charge on any atom is -0.458 e. The molecule has 0 heterocycles. The van der Waals surface area contributed by atoms with Crippen LogP contribution in [-0.2, 0) is 19.1 Å². The fourth-order valence-corrected chi connectivity index (χ4v) is 2.15. The molecule has 1 rings (SSSR count). The molecule has 7 nitrogen and oxygen atoms in total. The van der Waals surface area contributed by atoms with Crippen molar-refractivity contribution in [3.8, 4) is 0 Å². The molecule has 7 heteroatoms. The van der Waals surface area contributed by atoms with Crippen LogP contribution in [0.2, 0.25) is 0 Å². The summed E-state index contributed by atoms with van der Waals surface area (Å²) in [6, 6.07) is 0. The first-order chi connectivity index (χ1) is 10.2. The van der Waals surface area contributed by atoms with Crippen molar-refractivity contribution in [2.24, 2.45) is 0 Å². The standard InChI is InChI=1S/C16H25NO6/c1-10-8-11(18)16(9-10,12(19)22-14(2,3)4)17(21)13(20)23-15(5,6)7/h8,21H,9H2,1-7H3/t16-/m0/s1. The molecule has 0 fully saturated rings. The summed E-state index contributed by atoms with van der Waals surface area (Å²) < 4.78 is 10.3. The number of hydrogen-bond donors (Lipinski definition) is 1. The van der Waals surface area contributed by atoms with Crippen LogP contribution in [0.15, 0.2) is 11.6 Å². The number of ketones is 1. The fraction of sp³-hybridized carbons (Fsp3) is 0.688. The van der Waals surface area contributed by atoms with Gasteiger partial charge in [-0.2, -0.15) is 5.06 Å². The van der Waals surface area contributed by atoms with Crippen LogP contribution in [0, 0.1) is 0 Å². The van der Waals surface area contributed by atoms with Crippen molar-refractivity contribution in [3.05, 3.63) is 11.6 Å². The van der Waals surface area contributed by atoms with Gasteiger partial charge in [0.05, 0.1) is 0 Å². The van der Waals surface area contributed by atoms with Gasteiger partial charge in [-0.1, -0.05) is 5.57 Å². The van der Waals surface area contributed by atoms with E-state index in [1.807, 2.05) is 0 Å². The van der Waals surface area contributed by atoms with Gasteiger partial charge in [0.25, 0.3) is 0 Å². The number of carbonyl (C=O) groups excluding carboxylic acids is 3. The van der Waals surface area contributed by atoms with Crippen LogP contribution in [-0.4, -0.2) is 44.9 Å². The number of esters is 1. The van der Waals surface area contributed by atoms with Crippen LogP contribution in [0.5, 0.6) is 0 Å². The molecule has 0 saturated carbocycles. The maximum Gasteiger partial charge on any atom is 0.435 e. The summed E-state index contributed by atoms with van der Waals surface area (Å²) in [7, 11) is 0. The third kappa shape index (κ3) is 4.31. The van der Waals surface area contributed by atoms with E-state index >= 15 is 0 Å². The molecular formula is C16H25NO6. The highest BCUT2D eigenvalue weighted by Gasteiger charge is 2.58. The van der Waals surface area contributed by atoms with E-state index in [1.165, 1.54) is 6.08 Å². The monoisotopic (exact) mass is 327 g/mol. The highest BCUT2D eigenvalue weighted by Crippen LogP contribution is 2.34. The molecule has 0 aromatic carbocycles. The molecule has 0 aromatic rings. The van der Waals surface area contributed by atoms with Gasteiger partial charge in [-0.25, -0.2) is 9.59 Å². The maximum atomic E-state index is 12.6. The molecule has 0 aromatic heterocycles. The molecule has 130 valence electrons. The van der Waals surface area contributed by atoms with Gasteiger partial charge in [-0.3, -0.25) is 10.0 Å². The van der Waals surface area contributed by atoms with Gasteiger partial charge in [-0.15, -0.1) is 0 Å². The Morgan fingerprint density at radius 3 is 1.96 bits per heavy atom. The molecule has 0 bridgehead atoms. The second-order valence-corrected chi connectivity index (χ2v) is 7.69. The number of carbonyl (C=O) groups is 3. The molecule has 1 atom stereocenters. The van der Waals surface area contributed by atoms with Crippen LogP contribution in [0.3, 0.4) is 0 Å². The Balaban J connectivity index is 3.20. The third-order valence-electron chi connectivity index (χ3n) is 2.98. The summed E-state index contributed by atoms with van der Waals surface area (Å²) in [4.78, 5) is 37.1. The van der Waals surface area contributed by atoms with Crippen LogP contribution in [0.4, 0.5) is 4.79 Å². The molecule has 0 saturated heterocycles. The summed E-state index contributed by atoms with van der Waals surface area (Å²) in [5.74, 6) is -1.70. The lowest BCUT2D eigenvalue weighted by Gasteiger charge is -2.35. The minimum absolute atomic E-state index is 0.0572. The van der Waals surface area contributed by atoms with E-state index in [0.717, 1.165) is 0 Å². The lowest BCUT2D eigenvalue weighted by molar-refractivity contribution is -0.198. The molecular weight excluding hydrogens is 302 g/mol. The van der Waals surface area contributed by atoms with Crippen molar-refractivity contribution < 1.29 is 29.1 Å². The normalized spacial score (nSPS) is 21.7. The number of hydrogen-bond acceptors (Lipinski definition) is 6. The summed E-state index contributed by atoms with van der Waals surface area (Å²) in [5.41, 5.74) is -3.35. The van der Waals surface area contributed by atoms with Gasteiger partial charge < -0.3 is 9.47 Å². The first-order valence-electron chi connectivity index (χ1n) is 7.36. The van der Waals surface area contributed by atoms with Crippen molar-refractivity contribution in [3.63, 3.8) is 0 Å². The summed E-state index contributed by atoms with van der Waals surface area (Å²) in [6.45, 7) is 11.4. The van der Waals surface area contributed by atoms with Crippen LogP contribution < -0.4 is 0 Å². The second kappa shape index (κ2) is 5.96. The van der Waals surface area contributed by atoms with Gasteiger partial charge in [0.2, 0.25) is 5.54 Å². The van der Waals surface area contributed by atoms with Crippen molar-refractivity contribution >= 4 is 17.8 Å². The summed E-state index contributed by atoms with van der Waals surface area (Å²) in [6.07, 6.45) is -0.103. The molecule has 1 aliphatic rings. The van der Waals surface area contributed by atoms with Gasteiger partial charge in [0, 0.05) is 6.42 Å². The molecule has 0 radical (unpaired) electrons. The Labute approximate surface area is 136 Å². The molecule has 1 aliphatic carbocycles. The Hall–Kier alpha value is -1.89. The Kier molecular flexibility index (Phi) is 4.96. The largest absolute Gasteiger partial charge is 0.458 e. The van der Waals surface area contributed by atoms with E-state index in [9.17, 15) is 19.6 Å². The smallest absolute Gasteiger partial charge is 0.435 e. The van der Waals surface area contributed by atoms with Crippen molar-refractivity contribution in [2.45, 2.75) is 71.6 Å². The predicted molar refractivity (Wildman–Crippen MR) is 81.8 cm³/mol. The average molecular weight is 327 g/mol. The highest BCUT2D eigenvalue weighted by molar-refractivity contribution is 6.17. The SMILES string of the molecule is CC1=CC(=O)[C@@](C(=O)OC(C)(C)C)(N(O)C(=O)OC(C)(C)C)C1. The number of ether oxygens (including phenoxy) is 2. The van der Waals surface area contributed by atoms with E-state index in [1.54, 1.807) is 48.5 Å². The highest BCUT2D eigenvalue weighted by atomic mass is 16.6. The molecule has 0 unspecified atom stereocenters. The fourth-order valence-electron chi connectivity index (χ4n) is 2.15. The number of rotatable bonds is 2. The first-order valence-corrected chi connectivity index (χ1v) is 7.36. The molecule has 23 heavy (non-hydrogen) atoms. The zero-order chi connectivity index (χ0) is 18.2. The van der Waals surface area contributed by atoms with Gasteiger partial charge in [0.1, 0.15) is 11.2 Å². The Bertz CT molecular complexity index is 552. The summed E-state index contributed by atoms with van der Waals surface area (Å²) in [5, 5.41) is 10.3. The van der Waals surface area contributed by atoms with Crippen LogP contribution in [0.25, 0.3) is 0 Å². The predicted octanol–water partition coefficient (Wildman–Crippen LogP) is 2.61. The first kappa shape index (κ1) is 19.2. The zero-order valence-corrected chi connectivity index (χ0v) is 14.7. The van der Waals surface area contributed by atoms with Crippen molar-refractivity contribution in [2.75, 3.05) is 0 Å². The van der Waals surface area contributed by atoms with E-state index < -0.39 is 34.6 Å². The number of hydroxylamine groups is 2. The Morgan fingerprint density at radius 1 is 1.13 bits per heavy atom. The molecule has 0 aliphatic heterocycles. The Morgan fingerprint density at radius 2 is 1.61 bits per heavy atom. The number of nitrogens with zero attached hydrogens (tertiary/aromatic N) is 1. The van der Waals surface area contributed by atoms with E-state index in [4.69, 9.17) is 9.47 Å². The lowest BCUT2D eigenvalue weighted by Crippen LogP contribution is -2.61. The lowest BCUT2D eigenvalue weighted by atomic mass is 9.93. The topological polar surface area (TPSA) is 93.1 Å². The van der Waals surface area contributed by atoms with Crippen LogP contribution in [0.1, 0.15) is 54.9 Å². The summed E-state index contributed by atoms with van der Waals surface area (Å²) >= 11 is 0. The third-order valence-corrected chi connectivity index (χ3v) is 2.98. The average Bonchev–Trinajstić information content (AvgIpc) is 2.59. The van der Waals surface area contributed by atoms with Crippen molar-refractivity contribution in [1.29, 1.82) is 0 Å². The quantitative estimate of drug-likeness (QED) is 0.363. The van der Waals surface area contributed by atoms with E-state index in [-0.39, 0.29) is 11.5 Å². The van der Waals surface area contributed by atoms with E-state index in [2.05, 4.69) is 0 Å². The zero-order valence-electron chi connectivity index (χ0n) is 14.7. The molecule has 0 spiro atoms. The van der Waals surface area contributed by atoms with Crippen LogP contribution >= 0.6 is 0 Å². The van der Waals surface area contributed by atoms with Gasteiger partial charge in [-0.05, 0) is 54.5 Å². The molecule has 1 amide bonds. The van der Waals surface area contributed by atoms with Gasteiger partial charge in [0.15, 0.2) is 5.78 Å². The minimum atomic E-state index is -2.14. The van der Waals surface area contributed by atoms with Gasteiger partial charge >= 0.3 is 12.1 Å². The van der Waals surface area contributed by atoms with Crippen molar-refractivity contribution in [1.82, 2.24) is 5.06 Å². The second-order valence-electron chi connectivity index (χ2n) is 7.69. The molecule has 1 N–H and O–H groups in total. The number of amides is 1. The maximum absolute atomic E-state index is 12.6.